The Hall–Kier alpha value is -1.84. The Balaban J connectivity index is 2.79. The zero-order valence-corrected chi connectivity index (χ0v) is 11.7. The molecule has 1 aromatic rings. The van der Waals surface area contributed by atoms with Gasteiger partial charge in [0.05, 0.1) is 6.54 Å². The third-order valence-electron chi connectivity index (χ3n) is 2.00. The summed E-state index contributed by atoms with van der Waals surface area (Å²) in [6.07, 6.45) is 0.883. The van der Waals surface area contributed by atoms with Crippen LogP contribution < -0.4 is 5.32 Å². The van der Waals surface area contributed by atoms with Crippen LogP contribution in [0.15, 0.2) is 23.2 Å². The van der Waals surface area contributed by atoms with E-state index >= 15 is 0 Å². The van der Waals surface area contributed by atoms with Crippen LogP contribution in [0.25, 0.3) is 0 Å². The van der Waals surface area contributed by atoms with Gasteiger partial charge in [-0.3, -0.25) is 5.32 Å². The lowest BCUT2D eigenvalue weighted by atomic mass is 10.2. The molecule has 6 heteroatoms. The topological polar surface area (TPSA) is 67.8 Å². The Morgan fingerprint density at radius 1 is 1.47 bits per heavy atom. The van der Waals surface area contributed by atoms with E-state index in [1.54, 1.807) is 39.0 Å². The molecule has 102 valence electrons. The van der Waals surface area contributed by atoms with E-state index in [0.717, 1.165) is 0 Å². The molecule has 19 heavy (non-hydrogen) atoms. The van der Waals surface area contributed by atoms with Crippen molar-refractivity contribution in [1.29, 1.82) is 0 Å². The number of benzene rings is 1. The van der Waals surface area contributed by atoms with Gasteiger partial charge in [0.1, 0.15) is 5.60 Å². The molecule has 0 atom stereocenters. The molecule has 5 nitrogen and oxygen atoms in total. The summed E-state index contributed by atoms with van der Waals surface area (Å²) in [7, 11) is 0. The van der Waals surface area contributed by atoms with Gasteiger partial charge in [-0.25, -0.2) is 14.6 Å². The summed E-state index contributed by atoms with van der Waals surface area (Å²) >= 11 is 5.94. The number of amides is 1. The van der Waals surface area contributed by atoms with Crippen molar-refractivity contribution in [3.05, 3.63) is 28.8 Å². The van der Waals surface area contributed by atoms with Crippen LogP contribution in [0.4, 0.5) is 10.5 Å². The first-order valence-electron chi connectivity index (χ1n) is 5.64. The van der Waals surface area contributed by atoms with Gasteiger partial charge < -0.3 is 4.74 Å². The lowest BCUT2D eigenvalue weighted by Gasteiger charge is -2.19. The van der Waals surface area contributed by atoms with Crippen molar-refractivity contribution in [3.8, 4) is 0 Å². The standard InChI is InChI=1S/C13H15ClN2O3/c1-13(2,3)19-12(18)16-10-4-5-11(14)9(6-10)7-15-8-17/h4-6H,7H2,1-3H3,(H,16,18). The number of isocyanates is 1. The van der Waals surface area contributed by atoms with E-state index in [1.807, 2.05) is 0 Å². The van der Waals surface area contributed by atoms with E-state index in [2.05, 4.69) is 10.3 Å². The fourth-order valence-electron chi connectivity index (χ4n) is 1.31. The number of ether oxygens (including phenoxy) is 1. The van der Waals surface area contributed by atoms with E-state index in [0.29, 0.717) is 16.3 Å². The van der Waals surface area contributed by atoms with Gasteiger partial charge in [0.25, 0.3) is 0 Å². The average molecular weight is 283 g/mol. The average Bonchev–Trinajstić information content (AvgIpc) is 2.27. The van der Waals surface area contributed by atoms with Crippen molar-refractivity contribution >= 4 is 29.5 Å². The molecular weight excluding hydrogens is 268 g/mol. The minimum atomic E-state index is -0.568. The smallest absolute Gasteiger partial charge is 0.412 e. The molecular formula is C13H15ClN2O3. The van der Waals surface area contributed by atoms with Crippen LogP contribution in [0, 0.1) is 0 Å². The molecule has 0 radical (unpaired) electrons. The molecule has 1 N–H and O–H groups in total. The summed E-state index contributed by atoms with van der Waals surface area (Å²) in [5.74, 6) is 0. The number of carbonyl (C=O) groups is 1. The number of rotatable bonds is 3. The molecule has 0 aliphatic heterocycles. The fourth-order valence-corrected chi connectivity index (χ4v) is 1.49. The molecule has 0 heterocycles. The predicted octanol–water partition coefficient (Wildman–Crippen LogP) is 3.52. The van der Waals surface area contributed by atoms with E-state index in [9.17, 15) is 9.59 Å². The maximum Gasteiger partial charge on any atom is 0.412 e. The van der Waals surface area contributed by atoms with Gasteiger partial charge in [0.15, 0.2) is 0 Å². The zero-order valence-electron chi connectivity index (χ0n) is 11.0. The van der Waals surface area contributed by atoms with E-state index in [-0.39, 0.29) is 6.54 Å². The Morgan fingerprint density at radius 3 is 2.74 bits per heavy atom. The fraction of sp³-hybridized carbons (Fsp3) is 0.385. The molecule has 0 unspecified atom stereocenters. The van der Waals surface area contributed by atoms with E-state index < -0.39 is 11.7 Å². The molecule has 1 amide bonds. The Kier molecular flexibility index (Phi) is 5.10. The van der Waals surface area contributed by atoms with Gasteiger partial charge in [0, 0.05) is 10.7 Å². The molecule has 1 aromatic carbocycles. The first kappa shape index (κ1) is 15.2. The van der Waals surface area contributed by atoms with Gasteiger partial charge in [0.2, 0.25) is 6.08 Å². The second kappa shape index (κ2) is 6.36. The van der Waals surface area contributed by atoms with Crippen LogP contribution in [0.3, 0.4) is 0 Å². The number of nitrogens with zero attached hydrogens (tertiary/aromatic N) is 1. The molecule has 0 aliphatic carbocycles. The first-order chi connectivity index (χ1) is 8.81. The molecule has 0 saturated heterocycles. The summed E-state index contributed by atoms with van der Waals surface area (Å²) in [5, 5.41) is 3.05. The van der Waals surface area contributed by atoms with Gasteiger partial charge in [-0.2, -0.15) is 0 Å². The maximum absolute atomic E-state index is 11.6. The molecule has 0 spiro atoms. The number of hydrogen-bond donors (Lipinski definition) is 1. The number of aliphatic imine (C=N–C) groups is 1. The molecule has 0 aliphatic rings. The van der Waals surface area contributed by atoms with Gasteiger partial charge in [-0.1, -0.05) is 11.6 Å². The maximum atomic E-state index is 11.6. The zero-order chi connectivity index (χ0) is 14.5. The molecule has 0 aromatic heterocycles. The van der Waals surface area contributed by atoms with Gasteiger partial charge in [-0.05, 0) is 44.5 Å². The van der Waals surface area contributed by atoms with Crippen LogP contribution in [0.2, 0.25) is 5.02 Å². The number of anilines is 1. The number of halogens is 1. The SMILES string of the molecule is CC(C)(C)OC(=O)Nc1ccc(Cl)c(CN=C=O)c1. The minimum Gasteiger partial charge on any atom is -0.444 e. The summed E-state index contributed by atoms with van der Waals surface area (Å²) in [4.78, 5) is 25.1. The van der Waals surface area contributed by atoms with Crippen LogP contribution in [0.5, 0.6) is 0 Å². The lowest BCUT2D eigenvalue weighted by Crippen LogP contribution is -2.27. The van der Waals surface area contributed by atoms with Crippen LogP contribution in [-0.2, 0) is 16.1 Å². The van der Waals surface area contributed by atoms with Crippen molar-refractivity contribution in [2.75, 3.05) is 5.32 Å². The van der Waals surface area contributed by atoms with Gasteiger partial charge in [-0.15, -0.1) is 0 Å². The summed E-state index contributed by atoms with van der Waals surface area (Å²) in [5.41, 5.74) is 0.578. The first-order valence-corrected chi connectivity index (χ1v) is 6.01. The third kappa shape index (κ3) is 5.55. The quantitative estimate of drug-likeness (QED) is 0.681. The summed E-state index contributed by atoms with van der Waals surface area (Å²) in [6.45, 7) is 5.45. The van der Waals surface area contributed by atoms with Crippen molar-refractivity contribution in [2.24, 2.45) is 4.99 Å². The predicted molar refractivity (Wildman–Crippen MR) is 73.1 cm³/mol. The van der Waals surface area contributed by atoms with Crippen LogP contribution in [0.1, 0.15) is 26.3 Å². The van der Waals surface area contributed by atoms with Crippen LogP contribution >= 0.6 is 11.6 Å². The second-order valence-electron chi connectivity index (χ2n) is 4.84. The van der Waals surface area contributed by atoms with Crippen LogP contribution in [-0.4, -0.2) is 17.8 Å². The minimum absolute atomic E-state index is 0.117. The normalized spacial score (nSPS) is 10.5. The molecule has 0 bridgehead atoms. The largest absolute Gasteiger partial charge is 0.444 e. The third-order valence-corrected chi connectivity index (χ3v) is 2.37. The molecule has 0 fully saturated rings. The lowest BCUT2D eigenvalue weighted by molar-refractivity contribution is 0.0636. The Labute approximate surface area is 116 Å². The summed E-state index contributed by atoms with van der Waals surface area (Å²) < 4.78 is 5.12. The second-order valence-corrected chi connectivity index (χ2v) is 5.25. The highest BCUT2D eigenvalue weighted by atomic mass is 35.5. The highest BCUT2D eigenvalue weighted by Gasteiger charge is 2.16. The van der Waals surface area contributed by atoms with Crippen molar-refractivity contribution in [2.45, 2.75) is 32.9 Å². The number of carbonyl (C=O) groups excluding carboxylic acids is 2. The van der Waals surface area contributed by atoms with Crippen molar-refractivity contribution < 1.29 is 14.3 Å². The molecule has 1 rings (SSSR count). The van der Waals surface area contributed by atoms with E-state index in [1.165, 1.54) is 6.08 Å². The number of hydrogen-bond acceptors (Lipinski definition) is 4. The monoisotopic (exact) mass is 282 g/mol. The van der Waals surface area contributed by atoms with Gasteiger partial charge >= 0.3 is 6.09 Å². The Morgan fingerprint density at radius 2 is 2.16 bits per heavy atom. The Bertz CT molecular complexity index is 517. The van der Waals surface area contributed by atoms with Crippen molar-refractivity contribution in [3.63, 3.8) is 0 Å². The highest BCUT2D eigenvalue weighted by molar-refractivity contribution is 6.31. The molecule has 0 saturated carbocycles. The highest BCUT2D eigenvalue weighted by Crippen LogP contribution is 2.22. The number of nitrogens with one attached hydrogen (secondary N) is 1. The van der Waals surface area contributed by atoms with E-state index in [4.69, 9.17) is 16.3 Å². The van der Waals surface area contributed by atoms with Crippen molar-refractivity contribution in [1.82, 2.24) is 0 Å². The summed E-state index contributed by atoms with van der Waals surface area (Å²) in [6, 6.07) is 4.89.